The molecule has 1 amide bonds. The summed E-state index contributed by atoms with van der Waals surface area (Å²) < 4.78 is 40.1. The molecule has 0 aromatic carbocycles. The molecule has 0 radical (unpaired) electrons. The smallest absolute Gasteiger partial charge is 0.350 e. The maximum atomic E-state index is 13.4. The molecule has 6 nitrogen and oxygen atoms in total. The largest absolute Gasteiger partial charge is 0.405 e. The summed E-state index contributed by atoms with van der Waals surface area (Å²) in [5, 5.41) is 5.44. The number of hydrogen-bond acceptors (Lipinski definition) is 5. The lowest BCUT2D eigenvalue weighted by molar-refractivity contribution is -0.183. The van der Waals surface area contributed by atoms with E-state index in [0.29, 0.717) is 37.7 Å². The lowest BCUT2D eigenvalue weighted by Crippen LogP contribution is -2.57. The second-order valence-corrected chi connectivity index (χ2v) is 6.42. The molecule has 1 aromatic rings. The minimum absolute atomic E-state index is 0.0333. The van der Waals surface area contributed by atoms with Crippen molar-refractivity contribution >= 4 is 5.91 Å². The average molecular weight is 359 g/mol. The summed E-state index contributed by atoms with van der Waals surface area (Å²) in [5.74, 6) is -0.0867. The number of aromatic nitrogens is 2. The van der Waals surface area contributed by atoms with Crippen LogP contribution >= 0.6 is 0 Å². The zero-order valence-electron chi connectivity index (χ0n) is 14.7. The Balaban J connectivity index is 2.11. The first-order valence-corrected chi connectivity index (χ1v) is 8.33. The van der Waals surface area contributed by atoms with Crippen LogP contribution in [0.1, 0.15) is 41.6 Å². The minimum Gasteiger partial charge on any atom is -0.350 e. The van der Waals surface area contributed by atoms with Crippen molar-refractivity contribution in [1.82, 2.24) is 25.5 Å². The van der Waals surface area contributed by atoms with Crippen molar-refractivity contribution in [2.24, 2.45) is 0 Å². The third-order valence-corrected chi connectivity index (χ3v) is 4.16. The van der Waals surface area contributed by atoms with Gasteiger partial charge in [-0.25, -0.2) is 9.97 Å². The fraction of sp³-hybridized carbons (Fsp3) is 0.688. The number of hydrogen-bond donors (Lipinski definition) is 2. The Morgan fingerprint density at radius 2 is 2.00 bits per heavy atom. The van der Waals surface area contributed by atoms with Gasteiger partial charge in [-0.3, -0.25) is 9.69 Å². The number of aryl methyl sites for hydroxylation is 1. The summed E-state index contributed by atoms with van der Waals surface area (Å²) in [6.45, 7) is 6.56. The van der Waals surface area contributed by atoms with Crippen molar-refractivity contribution in [3.05, 3.63) is 23.3 Å². The normalized spacial score (nSPS) is 17.6. The predicted molar refractivity (Wildman–Crippen MR) is 87.5 cm³/mol. The Kier molecular flexibility index (Phi) is 6.34. The molecule has 1 aromatic heterocycles. The van der Waals surface area contributed by atoms with E-state index in [-0.39, 0.29) is 11.5 Å². The van der Waals surface area contributed by atoms with E-state index < -0.39 is 24.7 Å². The van der Waals surface area contributed by atoms with Gasteiger partial charge in [0.05, 0.1) is 11.3 Å². The molecule has 140 valence electrons. The third kappa shape index (κ3) is 5.12. The number of nitrogens with zero attached hydrogens (tertiary/aromatic N) is 3. The molecule has 1 aliphatic rings. The fourth-order valence-corrected chi connectivity index (χ4v) is 2.83. The minimum atomic E-state index is -4.41. The Morgan fingerprint density at radius 1 is 1.36 bits per heavy atom. The van der Waals surface area contributed by atoms with E-state index in [9.17, 15) is 18.0 Å². The van der Waals surface area contributed by atoms with E-state index in [1.165, 1.54) is 11.1 Å². The summed E-state index contributed by atoms with van der Waals surface area (Å²) in [6, 6.07) is -1.70. The second kappa shape index (κ2) is 8.09. The van der Waals surface area contributed by atoms with E-state index >= 15 is 0 Å². The molecule has 1 aliphatic heterocycles. The first-order chi connectivity index (χ1) is 11.7. The molecule has 1 atom stereocenters. The topological polar surface area (TPSA) is 70.2 Å². The van der Waals surface area contributed by atoms with Crippen molar-refractivity contribution in [1.29, 1.82) is 0 Å². The maximum Gasteiger partial charge on any atom is 0.405 e. The number of nitrogens with one attached hydrogen (secondary N) is 2. The number of halogens is 3. The van der Waals surface area contributed by atoms with Crippen molar-refractivity contribution in [3.63, 3.8) is 0 Å². The highest BCUT2D eigenvalue weighted by atomic mass is 19.4. The monoisotopic (exact) mass is 359 g/mol. The van der Waals surface area contributed by atoms with Crippen molar-refractivity contribution in [3.8, 4) is 0 Å². The first-order valence-electron chi connectivity index (χ1n) is 8.33. The van der Waals surface area contributed by atoms with Gasteiger partial charge in [0.1, 0.15) is 11.9 Å². The zero-order valence-corrected chi connectivity index (χ0v) is 14.7. The van der Waals surface area contributed by atoms with Crippen LogP contribution in [-0.4, -0.2) is 65.7 Å². The number of alkyl halides is 3. The first kappa shape index (κ1) is 19.6. The lowest BCUT2D eigenvalue weighted by Gasteiger charge is -2.35. The van der Waals surface area contributed by atoms with Crippen LogP contribution in [0.5, 0.6) is 0 Å². The fourth-order valence-electron chi connectivity index (χ4n) is 2.83. The molecule has 1 saturated heterocycles. The van der Waals surface area contributed by atoms with E-state index in [1.807, 2.05) is 13.8 Å². The van der Waals surface area contributed by atoms with E-state index in [2.05, 4.69) is 20.6 Å². The van der Waals surface area contributed by atoms with Crippen LogP contribution in [0.15, 0.2) is 6.20 Å². The van der Waals surface area contributed by atoms with Gasteiger partial charge < -0.3 is 10.6 Å². The van der Waals surface area contributed by atoms with Gasteiger partial charge in [-0.05, 0) is 12.8 Å². The number of rotatable bonds is 5. The van der Waals surface area contributed by atoms with Crippen LogP contribution in [0.4, 0.5) is 13.2 Å². The Morgan fingerprint density at radius 3 is 2.56 bits per heavy atom. The summed E-state index contributed by atoms with van der Waals surface area (Å²) >= 11 is 0. The molecule has 25 heavy (non-hydrogen) atoms. The second-order valence-electron chi connectivity index (χ2n) is 6.42. The molecule has 2 N–H and O–H groups in total. The molecule has 2 heterocycles. The molecule has 0 saturated carbocycles. The van der Waals surface area contributed by atoms with Crippen LogP contribution in [0.25, 0.3) is 0 Å². The maximum absolute atomic E-state index is 13.4. The highest BCUT2D eigenvalue weighted by Crippen LogP contribution is 2.25. The highest BCUT2D eigenvalue weighted by molar-refractivity contribution is 5.95. The molecule has 0 spiro atoms. The van der Waals surface area contributed by atoms with Crippen LogP contribution in [0.3, 0.4) is 0 Å². The van der Waals surface area contributed by atoms with E-state index in [1.54, 1.807) is 6.92 Å². The summed E-state index contributed by atoms with van der Waals surface area (Å²) in [6.07, 6.45) is -3.03. The number of carbonyl (C=O) groups excluding carboxylic acids is 1. The lowest BCUT2D eigenvalue weighted by atomic mass is 10.0. The van der Waals surface area contributed by atoms with Gasteiger partial charge in [-0.2, -0.15) is 13.2 Å². The molecular weight excluding hydrogens is 335 g/mol. The van der Waals surface area contributed by atoms with Gasteiger partial charge in [-0.15, -0.1) is 0 Å². The van der Waals surface area contributed by atoms with E-state index in [0.717, 1.165) is 0 Å². The van der Waals surface area contributed by atoms with Crippen LogP contribution in [0, 0.1) is 6.92 Å². The summed E-state index contributed by atoms with van der Waals surface area (Å²) in [7, 11) is 0. The van der Waals surface area contributed by atoms with Crippen molar-refractivity contribution in [2.75, 3.05) is 32.7 Å². The van der Waals surface area contributed by atoms with Crippen LogP contribution in [0.2, 0.25) is 0 Å². The molecular formula is C16H24F3N5O. The van der Waals surface area contributed by atoms with Gasteiger partial charge in [0, 0.05) is 38.9 Å². The zero-order chi connectivity index (χ0) is 18.6. The van der Waals surface area contributed by atoms with Gasteiger partial charge >= 0.3 is 6.18 Å². The van der Waals surface area contributed by atoms with Gasteiger partial charge in [0.2, 0.25) is 0 Å². The quantitative estimate of drug-likeness (QED) is 0.833. The standard InChI is InChI=1S/C16H24F3N5O/c1-10(2)14-12(8-21-11(3)23-14)15(25)22-9-13(16(17,18)19)24-6-4-20-5-7-24/h8,10,13,20H,4-7,9H2,1-3H3,(H,22,25). The van der Waals surface area contributed by atoms with Crippen molar-refractivity contribution in [2.45, 2.75) is 38.9 Å². The molecule has 1 unspecified atom stereocenters. The van der Waals surface area contributed by atoms with E-state index in [4.69, 9.17) is 0 Å². The van der Waals surface area contributed by atoms with Crippen LogP contribution in [-0.2, 0) is 0 Å². The van der Waals surface area contributed by atoms with Gasteiger partial charge in [0.25, 0.3) is 5.91 Å². The van der Waals surface area contributed by atoms with Crippen LogP contribution < -0.4 is 10.6 Å². The average Bonchev–Trinajstić information content (AvgIpc) is 2.54. The predicted octanol–water partition coefficient (Wildman–Crippen LogP) is 1.47. The Labute approximate surface area is 145 Å². The molecule has 2 rings (SSSR count). The summed E-state index contributed by atoms with van der Waals surface area (Å²) in [4.78, 5) is 22.0. The number of amides is 1. The summed E-state index contributed by atoms with van der Waals surface area (Å²) in [5.41, 5.74) is 0.762. The molecule has 9 heteroatoms. The molecule has 1 fully saturated rings. The Bertz CT molecular complexity index is 600. The number of carbonyl (C=O) groups is 1. The van der Waals surface area contributed by atoms with Crippen molar-refractivity contribution < 1.29 is 18.0 Å². The molecule has 0 bridgehead atoms. The molecule has 0 aliphatic carbocycles. The number of piperazine rings is 1. The Hall–Kier alpha value is -1.74. The van der Waals surface area contributed by atoms with Gasteiger partial charge in [0.15, 0.2) is 0 Å². The highest BCUT2D eigenvalue weighted by Gasteiger charge is 2.43. The third-order valence-electron chi connectivity index (χ3n) is 4.16. The SMILES string of the molecule is Cc1ncc(C(=O)NCC(N2CCNCC2)C(F)(F)F)c(C(C)C)n1. The van der Waals surface area contributed by atoms with Gasteiger partial charge in [-0.1, -0.05) is 13.8 Å².